The van der Waals surface area contributed by atoms with E-state index in [1.807, 2.05) is 0 Å². The molecule has 10 heteroatoms. The normalized spacial score (nSPS) is 15.1. The second kappa shape index (κ2) is 9.92. The summed E-state index contributed by atoms with van der Waals surface area (Å²) in [5.41, 5.74) is 1.01. The van der Waals surface area contributed by atoms with Crippen LogP contribution in [0.3, 0.4) is 0 Å². The molecule has 2 amide bonds. The summed E-state index contributed by atoms with van der Waals surface area (Å²) in [4.78, 5) is 36.1. The van der Waals surface area contributed by atoms with Crippen molar-refractivity contribution in [3.63, 3.8) is 0 Å². The Kier molecular flexibility index (Phi) is 7.26. The number of carbonyl (C=O) groups is 3. The first-order chi connectivity index (χ1) is 15.2. The highest BCUT2D eigenvalue weighted by atomic mass is 32.2. The third-order valence-corrected chi connectivity index (χ3v) is 6.81. The summed E-state index contributed by atoms with van der Waals surface area (Å²) < 4.78 is 31.8. The van der Waals surface area contributed by atoms with Gasteiger partial charge in [0.25, 0.3) is 5.91 Å². The van der Waals surface area contributed by atoms with E-state index >= 15 is 0 Å². The molecule has 1 saturated heterocycles. The van der Waals surface area contributed by atoms with Crippen LogP contribution in [-0.2, 0) is 24.3 Å². The van der Waals surface area contributed by atoms with Crippen LogP contribution in [0.1, 0.15) is 37.0 Å². The largest absolute Gasteiger partial charge is 0.449 e. The van der Waals surface area contributed by atoms with Crippen LogP contribution < -0.4 is 10.6 Å². The molecule has 0 aromatic heterocycles. The third kappa shape index (κ3) is 5.71. The van der Waals surface area contributed by atoms with Crippen molar-refractivity contribution in [3.8, 4) is 0 Å². The van der Waals surface area contributed by atoms with Gasteiger partial charge in [0, 0.05) is 31.4 Å². The number of benzene rings is 2. The summed E-state index contributed by atoms with van der Waals surface area (Å²) in [6.07, 6.45) is 0.600. The Bertz CT molecular complexity index is 1110. The van der Waals surface area contributed by atoms with Crippen molar-refractivity contribution in [2.45, 2.75) is 37.7 Å². The minimum absolute atomic E-state index is 0.163. The molecule has 0 aliphatic carbocycles. The molecule has 1 atom stereocenters. The maximum atomic E-state index is 12.6. The number of hydrogen-bond acceptors (Lipinski definition) is 6. The fourth-order valence-electron chi connectivity index (χ4n) is 3.24. The number of nitrogens with one attached hydrogen (secondary N) is 2. The number of rotatable bonds is 7. The maximum Gasteiger partial charge on any atom is 0.338 e. The summed E-state index contributed by atoms with van der Waals surface area (Å²) in [6.45, 7) is 3.80. The molecule has 1 aliphatic heterocycles. The van der Waals surface area contributed by atoms with Crippen molar-refractivity contribution in [1.82, 2.24) is 4.31 Å². The predicted octanol–water partition coefficient (Wildman–Crippen LogP) is 2.61. The zero-order valence-corrected chi connectivity index (χ0v) is 18.6. The molecule has 2 N–H and O–H groups in total. The van der Waals surface area contributed by atoms with Crippen LogP contribution in [0, 0.1) is 0 Å². The van der Waals surface area contributed by atoms with Gasteiger partial charge in [0.2, 0.25) is 15.9 Å². The van der Waals surface area contributed by atoms with Crippen molar-refractivity contribution in [2.75, 3.05) is 23.7 Å². The number of amides is 2. The summed E-state index contributed by atoms with van der Waals surface area (Å²) >= 11 is 0. The molecular formula is C22H25N3O6S. The predicted molar refractivity (Wildman–Crippen MR) is 119 cm³/mol. The van der Waals surface area contributed by atoms with Crippen LogP contribution in [0.5, 0.6) is 0 Å². The average Bonchev–Trinajstić information content (AvgIpc) is 3.29. The topological polar surface area (TPSA) is 122 Å². The lowest BCUT2D eigenvalue weighted by molar-refractivity contribution is -0.123. The quantitative estimate of drug-likeness (QED) is 0.614. The summed E-state index contributed by atoms with van der Waals surface area (Å²) in [6, 6.07) is 12.0. The van der Waals surface area contributed by atoms with Crippen LogP contribution in [-0.4, -0.2) is 49.7 Å². The van der Waals surface area contributed by atoms with Gasteiger partial charge < -0.3 is 15.4 Å². The highest BCUT2D eigenvalue weighted by Crippen LogP contribution is 2.22. The van der Waals surface area contributed by atoms with Gasteiger partial charge in [0.15, 0.2) is 6.10 Å². The Morgan fingerprint density at radius 3 is 2.25 bits per heavy atom. The van der Waals surface area contributed by atoms with E-state index in [1.54, 1.807) is 12.1 Å². The lowest BCUT2D eigenvalue weighted by Crippen LogP contribution is -2.30. The van der Waals surface area contributed by atoms with E-state index < -0.39 is 28.0 Å². The minimum Gasteiger partial charge on any atom is -0.449 e. The molecule has 9 nitrogen and oxygen atoms in total. The Morgan fingerprint density at radius 1 is 0.969 bits per heavy atom. The van der Waals surface area contributed by atoms with E-state index in [0.717, 1.165) is 12.8 Å². The molecule has 2 aromatic rings. The number of nitrogens with zero attached hydrogens (tertiary/aromatic N) is 1. The van der Waals surface area contributed by atoms with Crippen LogP contribution in [0.2, 0.25) is 0 Å². The molecule has 3 rings (SSSR count). The van der Waals surface area contributed by atoms with Gasteiger partial charge in [0.1, 0.15) is 0 Å². The van der Waals surface area contributed by atoms with E-state index in [1.165, 1.54) is 54.6 Å². The number of anilines is 2. The van der Waals surface area contributed by atoms with Gasteiger partial charge in [-0.3, -0.25) is 9.59 Å². The standard InChI is InChI=1S/C22H25N3O6S/c1-15(31-22(28)17-6-5-7-19(14-17)23-16(2)26)21(27)24-18-8-10-20(11-9-18)32(29,30)25-12-3-4-13-25/h5-11,14-15H,3-4,12-13H2,1-2H3,(H,23,26)(H,24,27)/t15-/m0/s1. The van der Waals surface area contributed by atoms with E-state index in [4.69, 9.17) is 4.74 Å². The smallest absolute Gasteiger partial charge is 0.338 e. The van der Waals surface area contributed by atoms with E-state index in [-0.39, 0.29) is 16.4 Å². The first-order valence-corrected chi connectivity index (χ1v) is 11.6. The minimum atomic E-state index is -3.53. The number of esters is 1. The number of sulfonamides is 1. The molecule has 0 saturated carbocycles. The fourth-order valence-corrected chi connectivity index (χ4v) is 4.76. The molecule has 1 heterocycles. The third-order valence-electron chi connectivity index (χ3n) is 4.90. The molecule has 0 unspecified atom stereocenters. The Morgan fingerprint density at radius 2 is 1.62 bits per heavy atom. The second-order valence-corrected chi connectivity index (χ2v) is 9.37. The molecule has 0 radical (unpaired) electrons. The fraction of sp³-hybridized carbons (Fsp3) is 0.318. The van der Waals surface area contributed by atoms with Gasteiger partial charge in [-0.1, -0.05) is 6.07 Å². The number of carbonyl (C=O) groups excluding carboxylic acids is 3. The second-order valence-electron chi connectivity index (χ2n) is 7.43. The summed E-state index contributed by atoms with van der Waals surface area (Å²) in [7, 11) is -3.53. The van der Waals surface area contributed by atoms with Crippen LogP contribution in [0.4, 0.5) is 11.4 Å². The van der Waals surface area contributed by atoms with E-state index in [2.05, 4.69) is 10.6 Å². The van der Waals surface area contributed by atoms with Crippen molar-refractivity contribution >= 4 is 39.2 Å². The summed E-state index contributed by atoms with van der Waals surface area (Å²) in [5.74, 6) is -1.55. The molecule has 1 fully saturated rings. The van der Waals surface area contributed by atoms with Crippen molar-refractivity contribution in [1.29, 1.82) is 0 Å². The molecule has 0 spiro atoms. The van der Waals surface area contributed by atoms with E-state index in [0.29, 0.717) is 24.5 Å². The van der Waals surface area contributed by atoms with Gasteiger partial charge in [-0.15, -0.1) is 0 Å². The van der Waals surface area contributed by atoms with Crippen molar-refractivity contribution < 1.29 is 27.5 Å². The monoisotopic (exact) mass is 459 g/mol. The average molecular weight is 460 g/mol. The summed E-state index contributed by atoms with van der Waals surface area (Å²) in [5, 5.41) is 5.17. The number of hydrogen-bond donors (Lipinski definition) is 2. The van der Waals surface area contributed by atoms with E-state index in [9.17, 15) is 22.8 Å². The molecule has 1 aliphatic rings. The lowest BCUT2D eigenvalue weighted by atomic mass is 10.2. The zero-order chi connectivity index (χ0) is 23.3. The Balaban J connectivity index is 1.59. The van der Waals surface area contributed by atoms with Gasteiger partial charge in [-0.2, -0.15) is 4.31 Å². The van der Waals surface area contributed by atoms with Crippen molar-refractivity contribution in [3.05, 3.63) is 54.1 Å². The lowest BCUT2D eigenvalue weighted by Gasteiger charge is -2.16. The first kappa shape index (κ1) is 23.4. The maximum absolute atomic E-state index is 12.6. The molecule has 32 heavy (non-hydrogen) atoms. The molecule has 0 bridgehead atoms. The highest BCUT2D eigenvalue weighted by Gasteiger charge is 2.27. The zero-order valence-electron chi connectivity index (χ0n) is 17.8. The van der Waals surface area contributed by atoms with Crippen LogP contribution >= 0.6 is 0 Å². The first-order valence-electron chi connectivity index (χ1n) is 10.2. The molecule has 170 valence electrons. The van der Waals surface area contributed by atoms with Crippen molar-refractivity contribution in [2.24, 2.45) is 0 Å². The Labute approximate surface area is 186 Å². The number of ether oxygens (including phenoxy) is 1. The Hall–Kier alpha value is -3.24. The molecule has 2 aromatic carbocycles. The van der Waals surface area contributed by atoms with Crippen LogP contribution in [0.25, 0.3) is 0 Å². The molecular weight excluding hydrogens is 434 g/mol. The van der Waals surface area contributed by atoms with Gasteiger partial charge in [-0.25, -0.2) is 13.2 Å². The SMILES string of the molecule is CC(=O)Nc1cccc(C(=O)O[C@@H](C)C(=O)Nc2ccc(S(=O)(=O)N3CCCC3)cc2)c1. The van der Waals surface area contributed by atoms with Gasteiger partial charge >= 0.3 is 5.97 Å². The van der Waals surface area contributed by atoms with Gasteiger partial charge in [-0.05, 0) is 62.2 Å². The highest BCUT2D eigenvalue weighted by molar-refractivity contribution is 7.89. The van der Waals surface area contributed by atoms with Crippen LogP contribution in [0.15, 0.2) is 53.4 Å². The van der Waals surface area contributed by atoms with Gasteiger partial charge in [0.05, 0.1) is 10.5 Å².